The predicted octanol–water partition coefficient (Wildman–Crippen LogP) is 4.75. The van der Waals surface area contributed by atoms with Crippen LogP contribution >= 0.6 is 34.8 Å². The minimum atomic E-state index is -3.85. The van der Waals surface area contributed by atoms with Gasteiger partial charge in [-0.1, -0.05) is 34.8 Å². The fourth-order valence-corrected chi connectivity index (χ4v) is 3.23. The highest BCUT2D eigenvalue weighted by Crippen LogP contribution is 2.26. The van der Waals surface area contributed by atoms with Crippen molar-refractivity contribution in [3.05, 3.63) is 57.0 Å². The van der Waals surface area contributed by atoms with Gasteiger partial charge >= 0.3 is 0 Å². The molecule has 2 rings (SSSR count). The van der Waals surface area contributed by atoms with Crippen LogP contribution in [-0.4, -0.2) is 20.7 Å². The highest BCUT2D eigenvalue weighted by molar-refractivity contribution is 7.89. The van der Waals surface area contributed by atoms with Crippen molar-refractivity contribution in [3.8, 4) is 5.75 Å². The van der Waals surface area contributed by atoms with Gasteiger partial charge in [-0.15, -0.1) is 0 Å². The van der Waals surface area contributed by atoms with Gasteiger partial charge in [0.05, 0.1) is 32.3 Å². The molecule has 2 aromatic carbocycles. The summed E-state index contributed by atoms with van der Waals surface area (Å²) in [6.07, 6.45) is 1.33. The predicted molar refractivity (Wildman–Crippen MR) is 102 cm³/mol. The molecule has 134 valence electrons. The standard InChI is InChI=1S/C16H15Cl3N2O3S/c1-10(2)24-16-6-3-11(7-15(16)19)9-20-21-25(22,23)12-4-5-13(17)14(18)8-12/h3-10,21H,1-2H3/b20-9+. The van der Waals surface area contributed by atoms with E-state index in [9.17, 15) is 8.42 Å². The Kier molecular flexibility index (Phi) is 6.57. The normalized spacial score (nSPS) is 11.9. The summed E-state index contributed by atoms with van der Waals surface area (Å²) >= 11 is 17.7. The van der Waals surface area contributed by atoms with E-state index in [0.717, 1.165) is 0 Å². The van der Waals surface area contributed by atoms with Crippen LogP contribution in [0.3, 0.4) is 0 Å². The van der Waals surface area contributed by atoms with E-state index in [-0.39, 0.29) is 21.0 Å². The Balaban J connectivity index is 2.11. The zero-order valence-electron chi connectivity index (χ0n) is 13.3. The third kappa shape index (κ3) is 5.51. The Labute approximate surface area is 161 Å². The highest BCUT2D eigenvalue weighted by Gasteiger charge is 2.14. The SMILES string of the molecule is CC(C)Oc1ccc(/C=N/NS(=O)(=O)c2ccc(Cl)c(Cl)c2)cc1Cl. The molecule has 0 aliphatic heterocycles. The van der Waals surface area contributed by atoms with Gasteiger partial charge in [0.25, 0.3) is 10.0 Å². The van der Waals surface area contributed by atoms with Crippen molar-refractivity contribution < 1.29 is 13.2 Å². The molecule has 0 fully saturated rings. The lowest BCUT2D eigenvalue weighted by Gasteiger charge is -2.11. The highest BCUT2D eigenvalue weighted by atomic mass is 35.5. The fourth-order valence-electron chi connectivity index (χ4n) is 1.81. The van der Waals surface area contributed by atoms with Crippen molar-refractivity contribution >= 4 is 51.0 Å². The van der Waals surface area contributed by atoms with Gasteiger partial charge in [-0.25, -0.2) is 4.83 Å². The maximum atomic E-state index is 12.2. The lowest BCUT2D eigenvalue weighted by atomic mass is 10.2. The Bertz CT molecular complexity index is 899. The zero-order chi connectivity index (χ0) is 18.6. The summed E-state index contributed by atoms with van der Waals surface area (Å²) in [4.78, 5) is 2.06. The summed E-state index contributed by atoms with van der Waals surface area (Å²) in [6, 6.07) is 9.00. The molecule has 25 heavy (non-hydrogen) atoms. The van der Waals surface area contributed by atoms with Gasteiger partial charge in [0.15, 0.2) is 0 Å². The number of sulfonamides is 1. The molecule has 0 radical (unpaired) electrons. The number of hydrogen-bond donors (Lipinski definition) is 1. The number of hydrazone groups is 1. The molecule has 0 amide bonds. The molecule has 0 aromatic heterocycles. The van der Waals surface area contributed by atoms with Crippen molar-refractivity contribution in [1.82, 2.24) is 4.83 Å². The van der Waals surface area contributed by atoms with E-state index < -0.39 is 10.0 Å². The quantitative estimate of drug-likeness (QED) is 0.541. The first-order valence-corrected chi connectivity index (χ1v) is 9.77. The third-order valence-electron chi connectivity index (χ3n) is 2.91. The minimum Gasteiger partial charge on any atom is -0.489 e. The van der Waals surface area contributed by atoms with E-state index in [0.29, 0.717) is 16.3 Å². The van der Waals surface area contributed by atoms with Crippen LogP contribution in [0.25, 0.3) is 0 Å². The number of rotatable bonds is 6. The van der Waals surface area contributed by atoms with Gasteiger partial charge in [-0.2, -0.15) is 13.5 Å². The molecule has 1 N–H and O–H groups in total. The summed E-state index contributed by atoms with van der Waals surface area (Å²) in [7, 11) is -3.85. The Morgan fingerprint density at radius 3 is 2.36 bits per heavy atom. The second kappa shape index (κ2) is 8.27. The monoisotopic (exact) mass is 420 g/mol. The van der Waals surface area contributed by atoms with Gasteiger partial charge in [-0.3, -0.25) is 0 Å². The van der Waals surface area contributed by atoms with E-state index in [1.165, 1.54) is 24.4 Å². The van der Waals surface area contributed by atoms with Gasteiger partial charge in [-0.05, 0) is 55.8 Å². The average Bonchev–Trinajstić information content (AvgIpc) is 2.52. The van der Waals surface area contributed by atoms with E-state index in [1.807, 2.05) is 13.8 Å². The first kappa shape index (κ1) is 19.8. The molecule has 0 aliphatic carbocycles. The fraction of sp³-hybridized carbons (Fsp3) is 0.188. The smallest absolute Gasteiger partial charge is 0.276 e. The van der Waals surface area contributed by atoms with Crippen molar-refractivity contribution in [2.45, 2.75) is 24.8 Å². The van der Waals surface area contributed by atoms with E-state index in [4.69, 9.17) is 39.5 Å². The number of halogens is 3. The third-order valence-corrected chi connectivity index (χ3v) is 5.16. The van der Waals surface area contributed by atoms with Crippen molar-refractivity contribution in [2.75, 3.05) is 0 Å². The van der Waals surface area contributed by atoms with Crippen LogP contribution in [0.4, 0.5) is 0 Å². The Morgan fingerprint density at radius 1 is 1.04 bits per heavy atom. The lowest BCUT2D eigenvalue weighted by molar-refractivity contribution is 0.242. The Hall–Kier alpha value is -1.47. The largest absolute Gasteiger partial charge is 0.489 e. The first-order valence-electron chi connectivity index (χ1n) is 7.15. The molecule has 0 bridgehead atoms. The summed E-state index contributed by atoms with van der Waals surface area (Å²) in [5.41, 5.74) is 0.609. The molecule has 0 saturated heterocycles. The van der Waals surface area contributed by atoms with Crippen LogP contribution in [0.5, 0.6) is 5.75 Å². The van der Waals surface area contributed by atoms with Crippen LogP contribution in [0.1, 0.15) is 19.4 Å². The van der Waals surface area contributed by atoms with Crippen LogP contribution in [0.15, 0.2) is 46.4 Å². The van der Waals surface area contributed by atoms with Crippen LogP contribution in [0, 0.1) is 0 Å². The lowest BCUT2D eigenvalue weighted by Crippen LogP contribution is -2.18. The molecule has 5 nitrogen and oxygen atoms in total. The van der Waals surface area contributed by atoms with Crippen LogP contribution < -0.4 is 9.57 Å². The summed E-state index contributed by atoms with van der Waals surface area (Å²) in [5, 5.41) is 4.55. The second-order valence-corrected chi connectivity index (χ2v) is 8.17. The van der Waals surface area contributed by atoms with E-state index in [2.05, 4.69) is 9.93 Å². The van der Waals surface area contributed by atoms with Crippen molar-refractivity contribution in [3.63, 3.8) is 0 Å². The molecule has 0 aliphatic rings. The molecular weight excluding hydrogens is 407 g/mol. The van der Waals surface area contributed by atoms with E-state index in [1.54, 1.807) is 18.2 Å². The second-order valence-electron chi connectivity index (χ2n) is 5.29. The number of ether oxygens (including phenoxy) is 1. The number of benzene rings is 2. The average molecular weight is 422 g/mol. The Morgan fingerprint density at radius 2 is 1.76 bits per heavy atom. The van der Waals surface area contributed by atoms with E-state index >= 15 is 0 Å². The molecule has 0 saturated carbocycles. The summed E-state index contributed by atoms with van der Waals surface area (Å²) < 4.78 is 29.8. The number of nitrogens with zero attached hydrogens (tertiary/aromatic N) is 1. The molecule has 9 heteroatoms. The first-order chi connectivity index (χ1) is 11.7. The van der Waals surface area contributed by atoms with Gasteiger partial charge < -0.3 is 4.74 Å². The maximum Gasteiger partial charge on any atom is 0.276 e. The molecule has 0 unspecified atom stereocenters. The molecule has 0 spiro atoms. The molecular formula is C16H15Cl3N2O3S. The van der Waals surface area contributed by atoms with Gasteiger partial charge in [0, 0.05) is 0 Å². The van der Waals surface area contributed by atoms with Crippen LogP contribution in [-0.2, 0) is 10.0 Å². The minimum absolute atomic E-state index is 0.00460. The zero-order valence-corrected chi connectivity index (χ0v) is 16.4. The molecule has 0 heterocycles. The summed E-state index contributed by atoms with van der Waals surface area (Å²) in [5.74, 6) is 0.546. The van der Waals surface area contributed by atoms with Crippen molar-refractivity contribution in [1.29, 1.82) is 0 Å². The molecule has 2 aromatic rings. The molecule has 0 atom stereocenters. The number of nitrogens with one attached hydrogen (secondary N) is 1. The number of hydrogen-bond acceptors (Lipinski definition) is 4. The maximum absolute atomic E-state index is 12.2. The van der Waals surface area contributed by atoms with Gasteiger partial charge in [0.1, 0.15) is 5.75 Å². The van der Waals surface area contributed by atoms with Gasteiger partial charge in [0.2, 0.25) is 0 Å². The van der Waals surface area contributed by atoms with Crippen LogP contribution in [0.2, 0.25) is 15.1 Å². The summed E-state index contributed by atoms with van der Waals surface area (Å²) in [6.45, 7) is 3.78. The topological polar surface area (TPSA) is 67.8 Å². The van der Waals surface area contributed by atoms with Crippen molar-refractivity contribution in [2.24, 2.45) is 5.10 Å².